The molecule has 1 aromatic heterocycles. The zero-order valence-electron chi connectivity index (χ0n) is 8.92. The van der Waals surface area contributed by atoms with Crippen molar-refractivity contribution >= 4 is 17.5 Å². The molecule has 8 heteroatoms. The minimum Gasteiger partial charge on any atom is -0.349 e. The Morgan fingerprint density at radius 2 is 1.89 bits per heavy atom. The summed E-state index contributed by atoms with van der Waals surface area (Å²) in [5.74, 6) is -1.22. The molecular formula is C10H8ClF3N4. The molecule has 18 heavy (non-hydrogen) atoms. The van der Waals surface area contributed by atoms with E-state index in [0.29, 0.717) is 11.6 Å². The van der Waals surface area contributed by atoms with E-state index in [1.807, 2.05) is 5.10 Å². The van der Waals surface area contributed by atoms with Crippen LogP contribution < -0.4 is 5.32 Å². The highest BCUT2D eigenvalue weighted by molar-refractivity contribution is 6.30. The SMILES string of the molecule is FC(F)(F)c1nc(NCc2ccc(Cl)cc2)n[nH]1. The van der Waals surface area contributed by atoms with Gasteiger partial charge in [-0.05, 0) is 17.7 Å². The Morgan fingerprint density at radius 1 is 1.22 bits per heavy atom. The molecule has 2 N–H and O–H groups in total. The highest BCUT2D eigenvalue weighted by Crippen LogP contribution is 2.26. The Bertz CT molecular complexity index is 521. The first-order chi connectivity index (χ1) is 8.45. The molecule has 1 aromatic carbocycles. The molecule has 0 spiro atoms. The normalized spacial score (nSPS) is 11.6. The van der Waals surface area contributed by atoms with E-state index >= 15 is 0 Å². The summed E-state index contributed by atoms with van der Waals surface area (Å²) in [7, 11) is 0. The van der Waals surface area contributed by atoms with Crippen LogP contribution in [0.1, 0.15) is 11.4 Å². The number of hydrogen-bond donors (Lipinski definition) is 2. The molecule has 2 aromatic rings. The molecule has 2 rings (SSSR count). The molecule has 0 radical (unpaired) electrons. The molecule has 0 aliphatic heterocycles. The lowest BCUT2D eigenvalue weighted by Crippen LogP contribution is -2.07. The minimum atomic E-state index is -4.52. The zero-order valence-corrected chi connectivity index (χ0v) is 9.68. The molecule has 0 saturated heterocycles. The van der Waals surface area contributed by atoms with Gasteiger partial charge in [0.2, 0.25) is 11.8 Å². The fourth-order valence-corrected chi connectivity index (χ4v) is 1.38. The van der Waals surface area contributed by atoms with E-state index in [0.717, 1.165) is 5.56 Å². The van der Waals surface area contributed by atoms with Crippen molar-refractivity contribution in [3.8, 4) is 0 Å². The molecule has 4 nitrogen and oxygen atoms in total. The van der Waals surface area contributed by atoms with Crippen LogP contribution >= 0.6 is 11.6 Å². The molecule has 0 fully saturated rings. The van der Waals surface area contributed by atoms with Crippen molar-refractivity contribution in [1.82, 2.24) is 15.2 Å². The second-order valence-electron chi connectivity index (χ2n) is 3.49. The maximum absolute atomic E-state index is 12.2. The van der Waals surface area contributed by atoms with Crippen LogP contribution in [0.15, 0.2) is 24.3 Å². The number of anilines is 1. The third-order valence-electron chi connectivity index (χ3n) is 2.12. The van der Waals surface area contributed by atoms with Gasteiger partial charge in [0.25, 0.3) is 0 Å². The first kappa shape index (κ1) is 12.7. The predicted molar refractivity (Wildman–Crippen MR) is 60.2 cm³/mol. The summed E-state index contributed by atoms with van der Waals surface area (Å²) in [5, 5.41) is 8.51. The average Bonchev–Trinajstić information content (AvgIpc) is 2.77. The lowest BCUT2D eigenvalue weighted by Gasteiger charge is -2.02. The maximum atomic E-state index is 12.2. The van der Waals surface area contributed by atoms with Crippen LogP contribution in [0, 0.1) is 0 Å². The van der Waals surface area contributed by atoms with Crippen molar-refractivity contribution in [2.24, 2.45) is 0 Å². The number of alkyl halides is 3. The molecule has 0 aliphatic rings. The topological polar surface area (TPSA) is 53.6 Å². The van der Waals surface area contributed by atoms with Crippen LogP contribution in [0.3, 0.4) is 0 Å². The number of nitrogens with zero attached hydrogens (tertiary/aromatic N) is 2. The highest BCUT2D eigenvalue weighted by atomic mass is 35.5. The van der Waals surface area contributed by atoms with Gasteiger partial charge in [0.05, 0.1) is 0 Å². The van der Waals surface area contributed by atoms with Gasteiger partial charge in [0.1, 0.15) is 0 Å². The molecule has 96 valence electrons. The quantitative estimate of drug-likeness (QED) is 0.906. The second-order valence-corrected chi connectivity index (χ2v) is 3.92. The van der Waals surface area contributed by atoms with Gasteiger partial charge >= 0.3 is 6.18 Å². The van der Waals surface area contributed by atoms with Crippen molar-refractivity contribution in [1.29, 1.82) is 0 Å². The predicted octanol–water partition coefficient (Wildman–Crippen LogP) is 3.09. The fourth-order valence-electron chi connectivity index (χ4n) is 1.25. The minimum absolute atomic E-state index is 0.0997. The number of benzene rings is 1. The molecule has 0 saturated carbocycles. The fraction of sp³-hybridized carbons (Fsp3) is 0.200. The van der Waals surface area contributed by atoms with E-state index in [2.05, 4.69) is 15.4 Å². The van der Waals surface area contributed by atoms with Crippen LogP contribution in [0.4, 0.5) is 19.1 Å². The number of H-pyrrole nitrogens is 1. The zero-order chi connectivity index (χ0) is 13.2. The van der Waals surface area contributed by atoms with Gasteiger partial charge in [0, 0.05) is 11.6 Å². The second kappa shape index (κ2) is 4.85. The Hall–Kier alpha value is -1.76. The third-order valence-corrected chi connectivity index (χ3v) is 2.37. The van der Waals surface area contributed by atoms with Crippen LogP contribution in [0.2, 0.25) is 5.02 Å². The Labute approximate surface area is 105 Å². The molecule has 1 heterocycles. The van der Waals surface area contributed by atoms with Crippen molar-refractivity contribution < 1.29 is 13.2 Å². The van der Waals surface area contributed by atoms with Crippen LogP contribution in [-0.2, 0) is 12.7 Å². The summed E-state index contributed by atoms with van der Waals surface area (Å²) < 4.78 is 36.7. The summed E-state index contributed by atoms with van der Waals surface area (Å²) in [6.07, 6.45) is -4.52. The number of nitrogens with one attached hydrogen (secondary N) is 2. The standard InChI is InChI=1S/C10H8ClF3N4/c11-7-3-1-6(2-4-7)5-15-9-16-8(17-18-9)10(12,13)14/h1-4H,5H2,(H2,15,16,17,18). The average molecular weight is 277 g/mol. The lowest BCUT2D eigenvalue weighted by atomic mass is 10.2. The number of hydrogen-bond acceptors (Lipinski definition) is 3. The van der Waals surface area contributed by atoms with Gasteiger partial charge in [-0.25, -0.2) is 0 Å². The van der Waals surface area contributed by atoms with Crippen molar-refractivity contribution in [2.45, 2.75) is 12.7 Å². The third kappa shape index (κ3) is 3.13. The van der Waals surface area contributed by atoms with Crippen LogP contribution in [0.5, 0.6) is 0 Å². The summed E-state index contributed by atoms with van der Waals surface area (Å²) in [6, 6.07) is 6.90. The summed E-state index contributed by atoms with van der Waals surface area (Å²) in [5.41, 5.74) is 0.859. The Balaban J connectivity index is 1.98. The number of rotatable bonds is 3. The Morgan fingerprint density at radius 3 is 2.44 bits per heavy atom. The molecule has 0 atom stereocenters. The lowest BCUT2D eigenvalue weighted by molar-refractivity contribution is -0.144. The molecule has 0 unspecified atom stereocenters. The van der Waals surface area contributed by atoms with E-state index in [4.69, 9.17) is 11.6 Å². The van der Waals surface area contributed by atoms with Crippen molar-refractivity contribution in [3.63, 3.8) is 0 Å². The maximum Gasteiger partial charge on any atom is 0.451 e. The highest BCUT2D eigenvalue weighted by Gasteiger charge is 2.35. The van der Waals surface area contributed by atoms with E-state index < -0.39 is 12.0 Å². The first-order valence-corrected chi connectivity index (χ1v) is 5.31. The number of halogens is 4. The van der Waals surface area contributed by atoms with Crippen molar-refractivity contribution in [2.75, 3.05) is 5.32 Å². The molecule has 0 aliphatic carbocycles. The van der Waals surface area contributed by atoms with Gasteiger partial charge in [-0.1, -0.05) is 23.7 Å². The van der Waals surface area contributed by atoms with Gasteiger partial charge in [-0.2, -0.15) is 18.2 Å². The Kier molecular flexibility index (Phi) is 3.42. The number of aromatic nitrogens is 3. The molecule has 0 amide bonds. The van der Waals surface area contributed by atoms with E-state index in [-0.39, 0.29) is 5.95 Å². The van der Waals surface area contributed by atoms with E-state index in [1.165, 1.54) is 0 Å². The van der Waals surface area contributed by atoms with Gasteiger partial charge in [-0.15, -0.1) is 5.10 Å². The van der Waals surface area contributed by atoms with Gasteiger partial charge in [-0.3, -0.25) is 5.10 Å². The van der Waals surface area contributed by atoms with E-state index in [9.17, 15) is 13.2 Å². The first-order valence-electron chi connectivity index (χ1n) is 4.93. The van der Waals surface area contributed by atoms with Crippen LogP contribution in [0.25, 0.3) is 0 Å². The van der Waals surface area contributed by atoms with Gasteiger partial charge < -0.3 is 5.32 Å². The molecular weight excluding hydrogens is 269 g/mol. The van der Waals surface area contributed by atoms with Crippen molar-refractivity contribution in [3.05, 3.63) is 40.7 Å². The largest absolute Gasteiger partial charge is 0.451 e. The van der Waals surface area contributed by atoms with Gasteiger partial charge in [0.15, 0.2) is 0 Å². The summed E-state index contributed by atoms with van der Waals surface area (Å²) >= 11 is 5.71. The smallest absolute Gasteiger partial charge is 0.349 e. The van der Waals surface area contributed by atoms with E-state index in [1.54, 1.807) is 24.3 Å². The summed E-state index contributed by atoms with van der Waals surface area (Å²) in [4.78, 5) is 3.29. The van der Waals surface area contributed by atoms with Crippen LogP contribution in [-0.4, -0.2) is 15.2 Å². The monoisotopic (exact) mass is 276 g/mol. The number of aromatic amines is 1. The molecule has 0 bridgehead atoms. The summed E-state index contributed by atoms with van der Waals surface area (Å²) in [6.45, 7) is 0.312.